The lowest BCUT2D eigenvalue weighted by Gasteiger charge is -2.17. The van der Waals surface area contributed by atoms with Gasteiger partial charge in [0, 0.05) is 14.2 Å². The summed E-state index contributed by atoms with van der Waals surface area (Å²) in [6.45, 7) is 4.52. The Morgan fingerprint density at radius 3 is 1.23 bits per heavy atom. The van der Waals surface area contributed by atoms with Gasteiger partial charge in [0.05, 0.1) is 0 Å². The predicted molar refractivity (Wildman–Crippen MR) is 154 cm³/mol. The van der Waals surface area contributed by atoms with E-state index in [9.17, 15) is 0 Å². The van der Waals surface area contributed by atoms with Crippen LogP contribution < -0.4 is 0 Å². The number of rotatable bonds is 24. The molecule has 0 aliphatic heterocycles. The summed E-state index contributed by atoms with van der Waals surface area (Å²) in [6, 6.07) is 0. The number of ether oxygens (including phenoxy) is 3. The maximum absolute atomic E-state index is 5.83. The molecule has 200 valence electrons. The molecule has 0 aromatic carbocycles. The number of methoxy groups -OCH3 is 2. The molecule has 0 fully saturated rings. The number of unbranched alkanes of at least 4 members (excludes halogenated alkanes) is 12. The van der Waals surface area contributed by atoms with E-state index < -0.39 is 12.6 Å². The summed E-state index contributed by atoms with van der Waals surface area (Å²) >= 11 is 0. The first kappa shape index (κ1) is 33.3. The molecule has 2 unspecified atom stereocenters. The Hall–Kier alpha value is -1.68. The zero-order chi connectivity index (χ0) is 25.7. The van der Waals surface area contributed by atoms with Gasteiger partial charge >= 0.3 is 0 Å². The Morgan fingerprint density at radius 2 is 0.829 bits per heavy atom. The van der Waals surface area contributed by atoms with Crippen molar-refractivity contribution in [3.63, 3.8) is 0 Å². The molecular weight excluding hydrogens is 432 g/mol. The van der Waals surface area contributed by atoms with E-state index in [1.807, 2.05) is 48.6 Å². The Bertz CT molecular complexity index is 546. The minimum atomic E-state index is -0.470. The summed E-state index contributed by atoms with van der Waals surface area (Å²) in [5.41, 5.74) is 0. The molecule has 0 spiro atoms. The van der Waals surface area contributed by atoms with Crippen LogP contribution in [-0.2, 0) is 14.2 Å². The summed E-state index contributed by atoms with van der Waals surface area (Å²) < 4.78 is 16.6. The fraction of sp³-hybridized carbons (Fsp3) is 0.625. The highest BCUT2D eigenvalue weighted by Crippen LogP contribution is 2.08. The average molecular weight is 487 g/mol. The highest BCUT2D eigenvalue weighted by atomic mass is 16.8. The predicted octanol–water partition coefficient (Wildman–Crippen LogP) is 9.79. The van der Waals surface area contributed by atoms with Gasteiger partial charge in [-0.2, -0.15) is 0 Å². The second kappa shape index (κ2) is 28.6. The molecule has 0 aromatic rings. The Morgan fingerprint density at radius 1 is 0.457 bits per heavy atom. The monoisotopic (exact) mass is 486 g/mol. The van der Waals surface area contributed by atoms with Crippen LogP contribution in [0, 0.1) is 0 Å². The summed E-state index contributed by atoms with van der Waals surface area (Å²) in [4.78, 5) is 0. The molecule has 3 heteroatoms. The third-order valence-corrected chi connectivity index (χ3v) is 5.66. The molecular formula is C32H54O3. The van der Waals surface area contributed by atoms with Gasteiger partial charge in [0.1, 0.15) is 0 Å². The number of hydrogen-bond acceptors (Lipinski definition) is 3. The fourth-order valence-corrected chi connectivity index (χ4v) is 3.49. The first-order chi connectivity index (χ1) is 17.3. The second-order valence-electron chi connectivity index (χ2n) is 8.85. The van der Waals surface area contributed by atoms with E-state index in [0.717, 1.165) is 12.8 Å². The third kappa shape index (κ3) is 25.2. The van der Waals surface area contributed by atoms with Crippen molar-refractivity contribution in [3.8, 4) is 0 Å². The van der Waals surface area contributed by atoms with Crippen molar-refractivity contribution in [2.75, 3.05) is 14.2 Å². The van der Waals surface area contributed by atoms with Gasteiger partial charge in [0.15, 0.2) is 12.6 Å². The Labute approximate surface area is 217 Å². The van der Waals surface area contributed by atoms with Gasteiger partial charge in [-0.1, -0.05) is 139 Å². The van der Waals surface area contributed by atoms with Crippen molar-refractivity contribution in [1.29, 1.82) is 0 Å². The second-order valence-corrected chi connectivity index (χ2v) is 8.85. The van der Waals surface area contributed by atoms with Crippen LogP contribution in [0.3, 0.4) is 0 Å². The molecule has 0 aliphatic carbocycles. The third-order valence-electron chi connectivity index (χ3n) is 5.66. The molecule has 35 heavy (non-hydrogen) atoms. The molecule has 0 saturated heterocycles. The lowest BCUT2D eigenvalue weighted by Crippen LogP contribution is -2.22. The molecule has 0 radical (unpaired) electrons. The van der Waals surface area contributed by atoms with Crippen LogP contribution in [-0.4, -0.2) is 26.8 Å². The van der Waals surface area contributed by atoms with E-state index in [0.29, 0.717) is 0 Å². The zero-order valence-electron chi connectivity index (χ0n) is 23.2. The topological polar surface area (TPSA) is 27.7 Å². The van der Waals surface area contributed by atoms with E-state index in [1.165, 1.54) is 77.0 Å². The van der Waals surface area contributed by atoms with Crippen molar-refractivity contribution in [2.24, 2.45) is 0 Å². The van der Waals surface area contributed by atoms with Crippen LogP contribution >= 0.6 is 0 Å². The molecule has 0 bridgehead atoms. The fourth-order valence-electron chi connectivity index (χ4n) is 3.49. The van der Waals surface area contributed by atoms with Gasteiger partial charge in [-0.05, 0) is 37.8 Å². The van der Waals surface area contributed by atoms with Crippen LogP contribution in [0.1, 0.15) is 104 Å². The number of allylic oxidation sites excluding steroid dienone is 10. The quantitative estimate of drug-likeness (QED) is 0.0771. The van der Waals surface area contributed by atoms with Crippen molar-refractivity contribution in [3.05, 3.63) is 72.9 Å². The molecule has 0 aromatic heterocycles. The standard InChI is InChI=1S/C32H54O3/c1-5-7-9-11-13-15-17-19-21-23-25-27-29-31(33-3)35-32(34-4)30-28-26-24-22-20-18-16-14-12-10-8-6-2/h19-32H,5-18H2,1-4H3/b21-19+,22-20+,25-23+,26-24+,29-27+,30-28+. The Kier molecular flexibility index (Phi) is 27.2. The maximum atomic E-state index is 5.83. The molecule has 0 heterocycles. The minimum Gasteiger partial charge on any atom is -0.352 e. The molecule has 0 amide bonds. The molecule has 0 N–H and O–H groups in total. The Balaban J connectivity index is 4.09. The lowest BCUT2D eigenvalue weighted by atomic mass is 10.1. The van der Waals surface area contributed by atoms with Crippen molar-refractivity contribution < 1.29 is 14.2 Å². The van der Waals surface area contributed by atoms with Crippen molar-refractivity contribution >= 4 is 0 Å². The van der Waals surface area contributed by atoms with Gasteiger partial charge in [0.2, 0.25) is 0 Å². The van der Waals surface area contributed by atoms with Crippen molar-refractivity contribution in [1.82, 2.24) is 0 Å². The van der Waals surface area contributed by atoms with E-state index in [4.69, 9.17) is 14.2 Å². The normalized spacial score (nSPS) is 14.7. The van der Waals surface area contributed by atoms with Crippen LogP contribution in [0.2, 0.25) is 0 Å². The van der Waals surface area contributed by atoms with E-state index in [-0.39, 0.29) is 0 Å². The summed E-state index contributed by atoms with van der Waals surface area (Å²) in [5, 5.41) is 0. The van der Waals surface area contributed by atoms with E-state index in [1.54, 1.807) is 14.2 Å². The summed E-state index contributed by atoms with van der Waals surface area (Å²) in [5.74, 6) is 0. The largest absolute Gasteiger partial charge is 0.352 e. The zero-order valence-corrected chi connectivity index (χ0v) is 23.2. The lowest BCUT2D eigenvalue weighted by molar-refractivity contribution is -0.188. The van der Waals surface area contributed by atoms with Crippen molar-refractivity contribution in [2.45, 2.75) is 116 Å². The van der Waals surface area contributed by atoms with Crippen LogP contribution in [0.5, 0.6) is 0 Å². The smallest absolute Gasteiger partial charge is 0.180 e. The van der Waals surface area contributed by atoms with Gasteiger partial charge in [0.25, 0.3) is 0 Å². The van der Waals surface area contributed by atoms with Crippen LogP contribution in [0.25, 0.3) is 0 Å². The van der Waals surface area contributed by atoms with Crippen LogP contribution in [0.15, 0.2) is 72.9 Å². The van der Waals surface area contributed by atoms with Gasteiger partial charge in [-0.15, -0.1) is 0 Å². The summed E-state index contributed by atoms with van der Waals surface area (Å²) in [6.07, 6.45) is 41.8. The minimum absolute atomic E-state index is 0.470. The van der Waals surface area contributed by atoms with Gasteiger partial charge in [-0.25, -0.2) is 0 Å². The van der Waals surface area contributed by atoms with Crippen LogP contribution in [0.4, 0.5) is 0 Å². The van der Waals surface area contributed by atoms with E-state index in [2.05, 4.69) is 38.2 Å². The first-order valence-corrected chi connectivity index (χ1v) is 14.0. The molecule has 2 atom stereocenters. The number of hydrogen-bond donors (Lipinski definition) is 0. The highest BCUT2D eigenvalue weighted by molar-refractivity contribution is 5.13. The molecule has 0 saturated carbocycles. The summed E-state index contributed by atoms with van der Waals surface area (Å²) in [7, 11) is 3.26. The molecule has 0 rings (SSSR count). The molecule has 3 nitrogen and oxygen atoms in total. The SMILES string of the molecule is CCCCCCCC/C=C/C=C/C=C/C(OC)OC(/C=C/C=C/C=C/CCCCCCCC)OC. The molecule has 0 aliphatic rings. The maximum Gasteiger partial charge on any atom is 0.180 e. The van der Waals surface area contributed by atoms with E-state index >= 15 is 0 Å². The average Bonchev–Trinajstić information content (AvgIpc) is 2.88. The van der Waals surface area contributed by atoms with Gasteiger partial charge < -0.3 is 14.2 Å². The van der Waals surface area contributed by atoms with Gasteiger partial charge in [-0.3, -0.25) is 0 Å². The first-order valence-electron chi connectivity index (χ1n) is 14.0. The highest BCUT2D eigenvalue weighted by Gasteiger charge is 2.09.